The van der Waals surface area contributed by atoms with Crippen molar-refractivity contribution in [1.82, 2.24) is 0 Å². The van der Waals surface area contributed by atoms with Crippen LogP contribution in [0.3, 0.4) is 0 Å². The standard InChI is InChI=1S/C34H37N3O7/c1-20-9-11-27-22(13-20)17-36-19-37(27)18-23-14-21(10-12-28(23)36)31-25(32(41)43-5)15-24(35-29(38)7-6-8-30(39)40)16-26(31)33(42)44-34(2,3)4/h9-16H,6-8,17-19H2,1-5H3,(H,35,38)(H,39,40). The van der Waals surface area contributed by atoms with E-state index in [1.165, 1.54) is 36.1 Å². The largest absolute Gasteiger partial charge is 0.481 e. The average molecular weight is 600 g/mol. The highest BCUT2D eigenvalue weighted by Crippen LogP contribution is 2.41. The van der Waals surface area contributed by atoms with Gasteiger partial charge in [0.15, 0.2) is 0 Å². The molecule has 0 atom stereocenters. The molecule has 5 rings (SSSR count). The van der Waals surface area contributed by atoms with Crippen LogP contribution in [0.1, 0.15) is 77.4 Å². The Morgan fingerprint density at radius 3 is 2.09 bits per heavy atom. The van der Waals surface area contributed by atoms with E-state index in [0.29, 0.717) is 17.7 Å². The number of rotatable bonds is 8. The molecular weight excluding hydrogens is 562 g/mol. The Hall–Kier alpha value is -4.86. The molecule has 3 aromatic rings. The summed E-state index contributed by atoms with van der Waals surface area (Å²) in [7, 11) is 1.25. The zero-order valence-corrected chi connectivity index (χ0v) is 25.7. The van der Waals surface area contributed by atoms with Crippen LogP contribution in [0.5, 0.6) is 0 Å². The van der Waals surface area contributed by atoms with Crippen molar-refractivity contribution in [3.05, 3.63) is 76.3 Å². The van der Waals surface area contributed by atoms with Crippen LogP contribution in [-0.4, -0.2) is 48.3 Å². The normalized spacial score (nSPS) is 13.5. The van der Waals surface area contributed by atoms with E-state index < -0.39 is 29.4 Å². The number of carbonyl (C=O) groups is 4. The van der Waals surface area contributed by atoms with Gasteiger partial charge in [0, 0.05) is 48.6 Å². The predicted molar refractivity (Wildman–Crippen MR) is 167 cm³/mol. The molecule has 2 aliphatic rings. The van der Waals surface area contributed by atoms with Crippen LogP contribution in [0.2, 0.25) is 0 Å². The molecule has 230 valence electrons. The number of carboxylic acids is 1. The monoisotopic (exact) mass is 599 g/mol. The summed E-state index contributed by atoms with van der Waals surface area (Å²) in [6.07, 6.45) is -0.0412. The summed E-state index contributed by atoms with van der Waals surface area (Å²) in [5, 5.41) is 11.6. The van der Waals surface area contributed by atoms with Gasteiger partial charge in [0.2, 0.25) is 5.91 Å². The summed E-state index contributed by atoms with van der Waals surface area (Å²) >= 11 is 0. The molecule has 2 aliphatic heterocycles. The highest BCUT2D eigenvalue weighted by atomic mass is 16.6. The van der Waals surface area contributed by atoms with E-state index in [-0.39, 0.29) is 36.1 Å². The van der Waals surface area contributed by atoms with Gasteiger partial charge in [0.05, 0.1) is 24.9 Å². The zero-order valence-electron chi connectivity index (χ0n) is 25.7. The number of nitrogens with one attached hydrogen (secondary N) is 1. The number of hydrogen-bond donors (Lipinski definition) is 2. The Labute approximate surface area is 256 Å². The van der Waals surface area contributed by atoms with E-state index in [1.54, 1.807) is 20.8 Å². The fraction of sp³-hybridized carbons (Fsp3) is 0.353. The van der Waals surface area contributed by atoms with Gasteiger partial charge in [-0.15, -0.1) is 0 Å². The van der Waals surface area contributed by atoms with Gasteiger partial charge in [-0.2, -0.15) is 0 Å². The zero-order chi connectivity index (χ0) is 31.8. The molecular formula is C34H37N3O7. The number of benzene rings is 3. The summed E-state index contributed by atoms with van der Waals surface area (Å²) in [5.41, 5.74) is 6.35. The number of aliphatic carboxylic acids is 1. The Morgan fingerprint density at radius 1 is 0.864 bits per heavy atom. The summed E-state index contributed by atoms with van der Waals surface area (Å²) in [6.45, 7) is 9.53. The highest BCUT2D eigenvalue weighted by Gasteiger charge is 2.31. The number of carbonyl (C=O) groups excluding carboxylic acids is 3. The molecule has 0 radical (unpaired) electrons. The predicted octanol–water partition coefficient (Wildman–Crippen LogP) is 5.90. The average Bonchev–Trinajstić information content (AvgIpc) is 2.94. The van der Waals surface area contributed by atoms with Crippen molar-refractivity contribution in [3.63, 3.8) is 0 Å². The third-order valence-electron chi connectivity index (χ3n) is 7.59. The summed E-state index contributed by atoms with van der Waals surface area (Å²) in [4.78, 5) is 55.0. The molecule has 3 aromatic carbocycles. The number of hydrogen-bond acceptors (Lipinski definition) is 8. The van der Waals surface area contributed by atoms with Gasteiger partial charge >= 0.3 is 17.9 Å². The summed E-state index contributed by atoms with van der Waals surface area (Å²) < 4.78 is 10.9. The van der Waals surface area contributed by atoms with E-state index in [0.717, 1.165) is 24.5 Å². The second kappa shape index (κ2) is 12.0. The van der Waals surface area contributed by atoms with Gasteiger partial charge in [0.1, 0.15) is 5.60 Å². The van der Waals surface area contributed by atoms with Gasteiger partial charge in [-0.05, 0) is 81.1 Å². The SMILES string of the molecule is COC(=O)c1cc(NC(=O)CCCC(=O)O)cc(C(=O)OC(C)(C)C)c1-c1ccc2c(c1)CN1CN2Cc2cc(C)ccc21. The summed E-state index contributed by atoms with van der Waals surface area (Å²) in [6, 6.07) is 15.4. The molecule has 2 N–H and O–H groups in total. The highest BCUT2D eigenvalue weighted by molar-refractivity contribution is 6.08. The molecule has 10 heteroatoms. The van der Waals surface area contributed by atoms with Crippen molar-refractivity contribution < 1.29 is 33.8 Å². The van der Waals surface area contributed by atoms with E-state index in [2.05, 4.69) is 40.2 Å². The minimum absolute atomic E-state index is 0.0378. The number of anilines is 3. The molecule has 0 unspecified atom stereocenters. The molecule has 0 saturated heterocycles. The Balaban J connectivity index is 1.58. The molecule has 0 saturated carbocycles. The van der Waals surface area contributed by atoms with Crippen molar-refractivity contribution in [2.45, 2.75) is 65.6 Å². The number of carboxylic acid groups (broad SMARTS) is 1. The minimum atomic E-state index is -0.996. The van der Waals surface area contributed by atoms with Crippen molar-refractivity contribution in [2.24, 2.45) is 0 Å². The van der Waals surface area contributed by atoms with Crippen molar-refractivity contribution >= 4 is 40.9 Å². The molecule has 0 spiro atoms. The number of methoxy groups -OCH3 is 1. The van der Waals surface area contributed by atoms with Gasteiger partial charge in [-0.1, -0.05) is 23.8 Å². The first-order valence-corrected chi connectivity index (χ1v) is 14.6. The molecule has 1 amide bonds. The Bertz CT molecular complexity index is 1660. The van der Waals surface area contributed by atoms with E-state index >= 15 is 0 Å². The Kier molecular flexibility index (Phi) is 8.36. The number of fused-ring (bicyclic) bond motifs is 6. The maximum absolute atomic E-state index is 13.6. The number of aryl methyl sites for hydroxylation is 1. The molecule has 2 heterocycles. The fourth-order valence-corrected chi connectivity index (χ4v) is 5.78. The lowest BCUT2D eigenvalue weighted by Crippen LogP contribution is -2.46. The first kappa shape index (κ1) is 30.6. The second-order valence-electron chi connectivity index (χ2n) is 12.2. The molecule has 0 aliphatic carbocycles. The van der Waals surface area contributed by atoms with Crippen LogP contribution < -0.4 is 15.1 Å². The number of ether oxygens (including phenoxy) is 2. The number of esters is 2. The van der Waals surface area contributed by atoms with E-state index in [9.17, 15) is 19.2 Å². The first-order chi connectivity index (χ1) is 20.8. The van der Waals surface area contributed by atoms with Crippen LogP contribution in [-0.2, 0) is 32.2 Å². The molecule has 44 heavy (non-hydrogen) atoms. The van der Waals surface area contributed by atoms with Crippen molar-refractivity contribution in [3.8, 4) is 11.1 Å². The van der Waals surface area contributed by atoms with Gasteiger partial charge in [-0.25, -0.2) is 9.59 Å². The lowest BCUT2D eigenvalue weighted by molar-refractivity contribution is -0.137. The second-order valence-corrected chi connectivity index (χ2v) is 12.2. The molecule has 10 nitrogen and oxygen atoms in total. The van der Waals surface area contributed by atoms with Crippen LogP contribution in [0.15, 0.2) is 48.5 Å². The van der Waals surface area contributed by atoms with Gasteiger partial charge in [0.25, 0.3) is 0 Å². The molecule has 0 fully saturated rings. The first-order valence-electron chi connectivity index (χ1n) is 14.6. The maximum Gasteiger partial charge on any atom is 0.339 e. The van der Waals surface area contributed by atoms with Crippen LogP contribution >= 0.6 is 0 Å². The fourth-order valence-electron chi connectivity index (χ4n) is 5.78. The molecule has 2 bridgehead atoms. The van der Waals surface area contributed by atoms with Crippen LogP contribution in [0.4, 0.5) is 17.1 Å². The van der Waals surface area contributed by atoms with Gasteiger partial charge in [-0.3, -0.25) is 9.59 Å². The third-order valence-corrected chi connectivity index (χ3v) is 7.59. The van der Waals surface area contributed by atoms with Gasteiger partial charge < -0.3 is 29.7 Å². The minimum Gasteiger partial charge on any atom is -0.481 e. The van der Waals surface area contributed by atoms with Crippen LogP contribution in [0.25, 0.3) is 11.1 Å². The summed E-state index contributed by atoms with van der Waals surface area (Å²) in [5.74, 6) is -2.78. The number of amides is 1. The van der Waals surface area contributed by atoms with E-state index in [4.69, 9.17) is 14.6 Å². The molecule has 0 aromatic heterocycles. The maximum atomic E-state index is 13.6. The number of nitrogens with zero attached hydrogens (tertiary/aromatic N) is 2. The quantitative estimate of drug-likeness (QED) is 0.305. The van der Waals surface area contributed by atoms with Crippen molar-refractivity contribution in [2.75, 3.05) is 28.9 Å². The third kappa shape index (κ3) is 6.54. The van der Waals surface area contributed by atoms with Crippen molar-refractivity contribution in [1.29, 1.82) is 0 Å². The Morgan fingerprint density at radius 2 is 1.48 bits per heavy atom. The lowest BCUT2D eigenvalue weighted by atomic mass is 9.90. The topological polar surface area (TPSA) is 125 Å². The van der Waals surface area contributed by atoms with Crippen LogP contribution in [0, 0.1) is 6.92 Å². The lowest BCUT2D eigenvalue weighted by Gasteiger charge is -2.45. The smallest absolute Gasteiger partial charge is 0.339 e. The van der Waals surface area contributed by atoms with E-state index in [1.807, 2.05) is 18.2 Å².